The molecule has 0 aliphatic carbocycles. The summed E-state index contributed by atoms with van der Waals surface area (Å²) < 4.78 is 1.35. The molecule has 0 aromatic heterocycles. The number of hydrogen-bond acceptors (Lipinski definition) is 0. The van der Waals surface area contributed by atoms with E-state index in [1.807, 2.05) is 0 Å². The van der Waals surface area contributed by atoms with Crippen LogP contribution in [0.25, 0.3) is 0 Å². The molecule has 0 saturated heterocycles. The fraction of sp³-hybridized carbons (Fsp3) is 0.250. The van der Waals surface area contributed by atoms with Crippen LogP contribution in [0.15, 0.2) is 18.2 Å². The predicted octanol–water partition coefficient (Wildman–Crippen LogP) is 1.10. The van der Waals surface area contributed by atoms with Gasteiger partial charge in [0.2, 0.25) is 0 Å². The van der Waals surface area contributed by atoms with Gasteiger partial charge in [-0.1, -0.05) is 0 Å². The van der Waals surface area contributed by atoms with Crippen molar-refractivity contribution in [2.75, 3.05) is 0 Å². The molecule has 0 unspecified atom stereocenters. The summed E-state index contributed by atoms with van der Waals surface area (Å²) >= 11 is 2.12. The van der Waals surface area contributed by atoms with Crippen LogP contribution >= 0.6 is 0 Å². The minimum atomic E-state index is 1.35. The van der Waals surface area contributed by atoms with Crippen molar-refractivity contribution in [2.45, 2.75) is 13.8 Å². The van der Waals surface area contributed by atoms with Crippen molar-refractivity contribution in [3.8, 4) is 0 Å². The Hall–Kier alpha value is -0.183. The van der Waals surface area contributed by atoms with Crippen LogP contribution < -0.4 is 4.24 Å². The third kappa shape index (κ3) is 1.61. The van der Waals surface area contributed by atoms with E-state index in [1.165, 1.54) is 15.4 Å². The normalized spacial score (nSPS) is 9.78. The zero-order valence-electron chi connectivity index (χ0n) is 6.23. The van der Waals surface area contributed by atoms with Crippen LogP contribution in [0, 0.1) is 13.8 Å². The summed E-state index contributed by atoms with van der Waals surface area (Å²) in [5.74, 6) is 0. The summed E-state index contributed by atoms with van der Waals surface area (Å²) in [4.78, 5) is 0. The van der Waals surface area contributed by atoms with Gasteiger partial charge in [-0.05, 0) is 0 Å². The first kappa shape index (κ1) is 6.93. The molecule has 42 valence electrons. The standard InChI is InChI=1S/C8H9.Li/c1-7-5-3-4-6-8(7)2;/h3,5-6H,1-2H3;. The van der Waals surface area contributed by atoms with E-state index in [0.717, 1.165) is 0 Å². The fourth-order valence-electron chi connectivity index (χ4n) is 0.891. The van der Waals surface area contributed by atoms with Crippen molar-refractivity contribution in [2.24, 2.45) is 0 Å². The summed E-state index contributed by atoms with van der Waals surface area (Å²) in [5, 5.41) is 0. The molecule has 0 amide bonds. The van der Waals surface area contributed by atoms with Gasteiger partial charge in [0.05, 0.1) is 0 Å². The Morgan fingerprint density at radius 1 is 1.11 bits per heavy atom. The maximum absolute atomic E-state index is 2.20. The molecule has 0 saturated carbocycles. The molecule has 0 spiro atoms. The molecule has 1 heteroatoms. The zero-order chi connectivity index (χ0) is 6.85. The van der Waals surface area contributed by atoms with Crippen molar-refractivity contribution in [1.82, 2.24) is 0 Å². The zero-order valence-corrected chi connectivity index (χ0v) is 6.23. The van der Waals surface area contributed by atoms with E-state index in [1.54, 1.807) is 0 Å². The van der Waals surface area contributed by atoms with Crippen LogP contribution in [-0.2, 0) is 0 Å². The molecular weight excluding hydrogens is 103 g/mol. The molecule has 1 aromatic carbocycles. The fourth-order valence-corrected chi connectivity index (χ4v) is 0.891. The monoisotopic (exact) mass is 112 g/mol. The Labute approximate surface area is 65.5 Å². The second-order valence-electron chi connectivity index (χ2n) is 2.59. The summed E-state index contributed by atoms with van der Waals surface area (Å²) in [6.07, 6.45) is 0. The van der Waals surface area contributed by atoms with Gasteiger partial charge in [-0.25, -0.2) is 0 Å². The molecular formula is C8H9Li. The molecule has 0 heterocycles. The van der Waals surface area contributed by atoms with E-state index in [9.17, 15) is 0 Å². The van der Waals surface area contributed by atoms with Crippen LogP contribution in [0.4, 0.5) is 0 Å². The molecule has 0 aliphatic heterocycles. The van der Waals surface area contributed by atoms with Crippen molar-refractivity contribution in [3.63, 3.8) is 0 Å². The van der Waals surface area contributed by atoms with Gasteiger partial charge in [0.1, 0.15) is 0 Å². The Balaban J connectivity index is 3.17. The second kappa shape index (κ2) is 2.60. The van der Waals surface area contributed by atoms with Crippen molar-refractivity contribution >= 4 is 22.0 Å². The molecule has 1 aromatic rings. The van der Waals surface area contributed by atoms with Crippen molar-refractivity contribution in [3.05, 3.63) is 29.3 Å². The van der Waals surface area contributed by atoms with E-state index in [4.69, 9.17) is 0 Å². The van der Waals surface area contributed by atoms with E-state index >= 15 is 0 Å². The average Bonchev–Trinajstić information content (AvgIpc) is 1.80. The first-order valence-corrected chi connectivity index (χ1v) is 3.24. The van der Waals surface area contributed by atoms with Gasteiger partial charge in [0.25, 0.3) is 0 Å². The SMILES string of the molecule is [Li][c]1ccc(C)c(C)c1. The number of rotatable bonds is 0. The third-order valence-corrected chi connectivity index (χ3v) is 1.66. The summed E-state index contributed by atoms with van der Waals surface area (Å²) in [6, 6.07) is 6.50. The van der Waals surface area contributed by atoms with Crippen molar-refractivity contribution in [1.29, 1.82) is 0 Å². The van der Waals surface area contributed by atoms with Gasteiger partial charge in [-0.3, -0.25) is 0 Å². The summed E-state index contributed by atoms with van der Waals surface area (Å²) in [5.41, 5.74) is 2.76. The Kier molecular flexibility index (Phi) is 2.00. The summed E-state index contributed by atoms with van der Waals surface area (Å²) in [6.45, 7) is 4.27. The number of aryl methyl sites for hydroxylation is 2. The topological polar surface area (TPSA) is 0 Å². The van der Waals surface area contributed by atoms with Gasteiger partial charge in [-0.2, -0.15) is 0 Å². The second-order valence-corrected chi connectivity index (χ2v) is 2.59. The van der Waals surface area contributed by atoms with Gasteiger partial charge in [0, 0.05) is 0 Å². The first-order valence-electron chi connectivity index (χ1n) is 3.24. The molecule has 0 nitrogen and oxygen atoms in total. The van der Waals surface area contributed by atoms with Crippen LogP contribution in [0.2, 0.25) is 0 Å². The van der Waals surface area contributed by atoms with E-state index in [2.05, 4.69) is 49.8 Å². The predicted molar refractivity (Wildman–Crippen MR) is 41.3 cm³/mol. The van der Waals surface area contributed by atoms with E-state index in [0.29, 0.717) is 0 Å². The van der Waals surface area contributed by atoms with Gasteiger partial charge >= 0.3 is 65.1 Å². The Morgan fingerprint density at radius 3 is 2.22 bits per heavy atom. The van der Waals surface area contributed by atoms with Gasteiger partial charge in [-0.15, -0.1) is 0 Å². The number of hydrogen-bond donors (Lipinski definition) is 0. The Morgan fingerprint density at radius 2 is 1.78 bits per heavy atom. The molecule has 0 radical (unpaired) electrons. The number of benzene rings is 1. The van der Waals surface area contributed by atoms with Crippen molar-refractivity contribution < 1.29 is 0 Å². The molecule has 0 aliphatic rings. The maximum atomic E-state index is 2.20. The molecule has 0 fully saturated rings. The Bertz CT molecular complexity index is 216. The minimum absolute atomic E-state index is 1.35. The van der Waals surface area contributed by atoms with Crippen LogP contribution in [-0.4, -0.2) is 17.7 Å². The van der Waals surface area contributed by atoms with Crippen LogP contribution in [0.3, 0.4) is 0 Å². The third-order valence-electron chi connectivity index (χ3n) is 1.66. The van der Waals surface area contributed by atoms with Gasteiger partial charge in [0.15, 0.2) is 0 Å². The molecule has 0 bridgehead atoms. The summed E-state index contributed by atoms with van der Waals surface area (Å²) in [7, 11) is 0. The van der Waals surface area contributed by atoms with Crippen LogP contribution in [0.1, 0.15) is 11.1 Å². The molecule has 9 heavy (non-hydrogen) atoms. The molecule has 0 atom stereocenters. The van der Waals surface area contributed by atoms with Crippen LogP contribution in [0.5, 0.6) is 0 Å². The first-order chi connectivity index (χ1) is 4.20. The quantitative estimate of drug-likeness (QED) is 0.441. The average molecular weight is 112 g/mol. The van der Waals surface area contributed by atoms with E-state index < -0.39 is 0 Å². The molecule has 1 rings (SSSR count). The van der Waals surface area contributed by atoms with E-state index in [-0.39, 0.29) is 0 Å². The van der Waals surface area contributed by atoms with Gasteiger partial charge < -0.3 is 0 Å². The molecule has 0 N–H and O–H groups in total.